The Hall–Kier alpha value is -2.30. The van der Waals surface area contributed by atoms with Crippen molar-refractivity contribution in [1.82, 2.24) is 0 Å². The number of benzene rings is 1. The van der Waals surface area contributed by atoms with E-state index in [-0.39, 0.29) is 5.63 Å². The molecule has 0 saturated heterocycles. The molecule has 0 N–H and O–H groups in total. The molecule has 0 unspecified atom stereocenters. The van der Waals surface area contributed by atoms with Crippen LogP contribution in [0.3, 0.4) is 0 Å². The normalized spacial score (nSPS) is 15.5. The minimum absolute atomic E-state index is 0.303. The zero-order valence-electron chi connectivity index (χ0n) is 11.7. The van der Waals surface area contributed by atoms with Crippen LogP contribution in [0.5, 0.6) is 5.75 Å². The second-order valence-electron chi connectivity index (χ2n) is 5.29. The van der Waals surface area contributed by atoms with Crippen LogP contribution in [0.15, 0.2) is 27.4 Å². The van der Waals surface area contributed by atoms with Crippen LogP contribution in [-0.4, -0.2) is 12.1 Å². The average molecular weight is 287 g/mol. The monoisotopic (exact) mass is 287 g/mol. The Labute approximate surface area is 121 Å². The molecule has 0 amide bonds. The van der Waals surface area contributed by atoms with Crippen molar-refractivity contribution in [2.75, 3.05) is 0 Å². The highest BCUT2D eigenvalue weighted by molar-refractivity contribution is 5.83. The topological polar surface area (TPSA) is 79.6 Å². The number of ether oxygens (including phenoxy) is 1. The molecule has 0 aliphatic heterocycles. The van der Waals surface area contributed by atoms with E-state index in [1.807, 2.05) is 6.07 Å². The van der Waals surface area contributed by atoms with E-state index in [4.69, 9.17) is 9.15 Å². The molecule has 1 aromatic heterocycles. The minimum atomic E-state index is -1.29. The lowest BCUT2D eigenvalue weighted by molar-refractivity contribution is -0.312. The molecule has 0 saturated carbocycles. The van der Waals surface area contributed by atoms with Gasteiger partial charge in [0.1, 0.15) is 17.4 Å². The molecule has 1 heterocycles. The number of carboxylic acid groups (broad SMARTS) is 1. The highest BCUT2D eigenvalue weighted by Crippen LogP contribution is 2.29. The quantitative estimate of drug-likeness (QED) is 0.792. The molecule has 5 heteroatoms. The van der Waals surface area contributed by atoms with Crippen molar-refractivity contribution in [3.63, 3.8) is 0 Å². The molecular weight excluding hydrogens is 272 g/mol. The van der Waals surface area contributed by atoms with Gasteiger partial charge in [0.05, 0.1) is 5.97 Å². The van der Waals surface area contributed by atoms with E-state index in [0.717, 1.165) is 42.2 Å². The van der Waals surface area contributed by atoms with Gasteiger partial charge in [0, 0.05) is 17.0 Å². The number of hydrogen-bond donors (Lipinski definition) is 0. The highest BCUT2D eigenvalue weighted by Gasteiger charge is 2.18. The number of aryl methyl sites for hydroxylation is 1. The largest absolute Gasteiger partial charge is 0.546 e. The van der Waals surface area contributed by atoms with Crippen molar-refractivity contribution < 1.29 is 19.1 Å². The fourth-order valence-electron chi connectivity index (χ4n) is 2.75. The van der Waals surface area contributed by atoms with Gasteiger partial charge in [-0.15, -0.1) is 0 Å². The molecule has 3 rings (SSSR count). The van der Waals surface area contributed by atoms with Crippen molar-refractivity contribution in [1.29, 1.82) is 0 Å². The van der Waals surface area contributed by atoms with E-state index in [2.05, 4.69) is 0 Å². The lowest BCUT2D eigenvalue weighted by Gasteiger charge is -2.18. The number of rotatable bonds is 3. The first-order chi connectivity index (χ1) is 10.1. The Bertz CT molecular complexity index is 759. The summed E-state index contributed by atoms with van der Waals surface area (Å²) in [6.45, 7) is 1.39. The van der Waals surface area contributed by atoms with Gasteiger partial charge < -0.3 is 19.1 Å². The molecule has 0 fully saturated rings. The van der Waals surface area contributed by atoms with Gasteiger partial charge >= 0.3 is 5.63 Å². The van der Waals surface area contributed by atoms with Crippen LogP contribution >= 0.6 is 0 Å². The van der Waals surface area contributed by atoms with Gasteiger partial charge in [-0.1, -0.05) is 0 Å². The molecule has 1 atom stereocenters. The van der Waals surface area contributed by atoms with E-state index in [1.54, 1.807) is 12.1 Å². The fraction of sp³-hybridized carbons (Fsp3) is 0.375. The van der Waals surface area contributed by atoms with Gasteiger partial charge in [-0.25, -0.2) is 4.79 Å². The summed E-state index contributed by atoms with van der Waals surface area (Å²) < 4.78 is 10.6. The Kier molecular flexibility index (Phi) is 3.41. The molecule has 2 aromatic rings. The summed E-state index contributed by atoms with van der Waals surface area (Å²) in [7, 11) is 0. The average Bonchev–Trinajstić information content (AvgIpc) is 2.47. The molecule has 110 valence electrons. The molecule has 21 heavy (non-hydrogen) atoms. The zero-order chi connectivity index (χ0) is 15.0. The number of fused-ring (bicyclic) bond motifs is 3. The maximum absolute atomic E-state index is 12.0. The molecule has 5 nitrogen and oxygen atoms in total. The molecule has 1 aliphatic carbocycles. The Morgan fingerprint density at radius 3 is 2.71 bits per heavy atom. The lowest BCUT2D eigenvalue weighted by atomic mass is 9.91. The first kappa shape index (κ1) is 13.7. The van der Waals surface area contributed by atoms with E-state index < -0.39 is 12.1 Å². The van der Waals surface area contributed by atoms with Gasteiger partial charge in [0.25, 0.3) is 0 Å². The van der Waals surface area contributed by atoms with Gasteiger partial charge in [0.15, 0.2) is 0 Å². The molecule has 0 radical (unpaired) electrons. The van der Waals surface area contributed by atoms with Gasteiger partial charge in [-0.3, -0.25) is 0 Å². The van der Waals surface area contributed by atoms with E-state index >= 15 is 0 Å². The maximum Gasteiger partial charge on any atom is 0.339 e. The number of carboxylic acids is 1. The van der Waals surface area contributed by atoms with Crippen molar-refractivity contribution in [2.24, 2.45) is 0 Å². The lowest BCUT2D eigenvalue weighted by Crippen LogP contribution is -2.37. The van der Waals surface area contributed by atoms with Gasteiger partial charge in [-0.05, 0) is 50.3 Å². The summed E-state index contributed by atoms with van der Waals surface area (Å²) in [6.07, 6.45) is 2.63. The first-order valence-electron chi connectivity index (χ1n) is 7.02. The van der Waals surface area contributed by atoms with Crippen molar-refractivity contribution in [2.45, 2.75) is 38.7 Å². The van der Waals surface area contributed by atoms with Crippen LogP contribution in [0.25, 0.3) is 11.0 Å². The van der Waals surface area contributed by atoms with Crippen molar-refractivity contribution in [3.05, 3.63) is 39.7 Å². The Morgan fingerprint density at radius 2 is 2.00 bits per heavy atom. The second-order valence-corrected chi connectivity index (χ2v) is 5.29. The summed E-state index contributed by atoms with van der Waals surface area (Å²) in [5, 5.41) is 11.6. The van der Waals surface area contributed by atoms with E-state index in [0.29, 0.717) is 11.3 Å². The molecule has 1 aliphatic rings. The smallest absolute Gasteiger partial charge is 0.339 e. The van der Waals surface area contributed by atoms with Gasteiger partial charge in [-0.2, -0.15) is 0 Å². The predicted octanol–water partition coefficient (Wildman–Crippen LogP) is 1.19. The standard InChI is InChI=1S/C16H16O5/c1-9(15(17)18)20-10-6-7-12-11-4-2-3-5-13(11)16(19)21-14(12)8-10/h6-9H,2-5H2,1H3,(H,17,18)/p-1/t9-/m0/s1. The first-order valence-corrected chi connectivity index (χ1v) is 7.02. The second kappa shape index (κ2) is 5.24. The van der Waals surface area contributed by atoms with Crippen LogP contribution < -0.4 is 15.5 Å². The van der Waals surface area contributed by atoms with Crippen LogP contribution in [0, 0.1) is 0 Å². The van der Waals surface area contributed by atoms with E-state index in [1.165, 1.54) is 6.92 Å². The third kappa shape index (κ3) is 2.51. The Morgan fingerprint density at radius 1 is 1.29 bits per heavy atom. The van der Waals surface area contributed by atoms with Gasteiger partial charge in [0.2, 0.25) is 0 Å². The molecule has 0 spiro atoms. The van der Waals surface area contributed by atoms with E-state index in [9.17, 15) is 14.7 Å². The third-order valence-electron chi connectivity index (χ3n) is 3.84. The Balaban J connectivity index is 2.07. The number of carbonyl (C=O) groups is 1. The molecular formula is C16H15O5-. The minimum Gasteiger partial charge on any atom is -0.546 e. The number of aliphatic carboxylic acids is 1. The van der Waals surface area contributed by atoms with Crippen molar-refractivity contribution in [3.8, 4) is 5.75 Å². The number of hydrogen-bond acceptors (Lipinski definition) is 5. The summed E-state index contributed by atoms with van der Waals surface area (Å²) >= 11 is 0. The highest BCUT2D eigenvalue weighted by atomic mass is 16.5. The fourth-order valence-corrected chi connectivity index (χ4v) is 2.75. The summed E-state index contributed by atoms with van der Waals surface area (Å²) in [5.74, 6) is -0.944. The molecule has 1 aromatic carbocycles. The predicted molar refractivity (Wildman–Crippen MR) is 74.2 cm³/mol. The number of carbonyl (C=O) groups excluding carboxylic acids is 1. The zero-order valence-corrected chi connectivity index (χ0v) is 11.7. The summed E-state index contributed by atoms with van der Waals surface area (Å²) in [6, 6.07) is 5.07. The van der Waals surface area contributed by atoms with Crippen LogP contribution in [0.1, 0.15) is 30.9 Å². The summed E-state index contributed by atoms with van der Waals surface area (Å²) in [4.78, 5) is 22.7. The SMILES string of the molecule is C[C@H](Oc1ccc2c3c(c(=O)oc2c1)CCCC3)C(=O)[O-]. The maximum atomic E-state index is 12.0. The summed E-state index contributed by atoms with van der Waals surface area (Å²) in [5.41, 5.74) is 1.95. The van der Waals surface area contributed by atoms with Crippen molar-refractivity contribution >= 4 is 16.9 Å². The van der Waals surface area contributed by atoms with Crippen LogP contribution in [0.4, 0.5) is 0 Å². The third-order valence-corrected chi connectivity index (χ3v) is 3.84. The molecule has 0 bridgehead atoms. The van der Waals surface area contributed by atoms with Crippen LogP contribution in [-0.2, 0) is 17.6 Å². The van der Waals surface area contributed by atoms with Crippen LogP contribution in [0.2, 0.25) is 0 Å².